The van der Waals surface area contributed by atoms with E-state index in [1.165, 1.54) is 0 Å². The monoisotopic (exact) mass is 685 g/mol. The molecule has 0 spiro atoms. The molecule has 1 saturated heterocycles. The summed E-state index contributed by atoms with van der Waals surface area (Å²) in [7, 11) is 0. The summed E-state index contributed by atoms with van der Waals surface area (Å²) in [6, 6.07) is 32.0. The second kappa shape index (κ2) is 16.7. The summed E-state index contributed by atoms with van der Waals surface area (Å²) in [4.78, 5) is 40.6. The van der Waals surface area contributed by atoms with E-state index in [0.717, 1.165) is 38.9 Å². The summed E-state index contributed by atoms with van der Waals surface area (Å²) in [5, 5.41) is 17.4. The first kappa shape index (κ1) is 35.7. The number of pyridine rings is 2. The molecular weight excluding hydrogens is 638 g/mol. The number of urea groups is 1. The molecule has 0 bridgehead atoms. The fourth-order valence-corrected chi connectivity index (χ4v) is 6.84. The highest BCUT2D eigenvalue weighted by molar-refractivity contribution is 5.89. The van der Waals surface area contributed by atoms with Gasteiger partial charge >= 0.3 is 6.03 Å². The van der Waals surface area contributed by atoms with Gasteiger partial charge in [-0.15, -0.1) is 0 Å². The number of carbonyl (C=O) groups is 2. The number of aromatic nitrogens is 2. The van der Waals surface area contributed by atoms with Gasteiger partial charge in [0.2, 0.25) is 5.91 Å². The smallest absolute Gasteiger partial charge is 0.321 e. The highest BCUT2D eigenvalue weighted by Crippen LogP contribution is 2.25. The van der Waals surface area contributed by atoms with Crippen molar-refractivity contribution in [2.75, 3.05) is 19.6 Å². The first-order chi connectivity index (χ1) is 24.8. The number of aliphatic hydroxyl groups is 1. The number of carbonyl (C=O) groups excluding carboxylic acids is 2. The maximum Gasteiger partial charge on any atom is 0.321 e. The number of amides is 3. The van der Waals surface area contributed by atoms with Crippen molar-refractivity contribution >= 4 is 22.8 Å². The fraction of sp³-hybridized carbons (Fsp3) is 0.317. The lowest BCUT2D eigenvalue weighted by Gasteiger charge is -2.34. The Morgan fingerprint density at radius 3 is 2.39 bits per heavy atom. The maximum atomic E-state index is 14.3. The van der Waals surface area contributed by atoms with Gasteiger partial charge in [-0.3, -0.25) is 20.6 Å². The maximum absolute atomic E-state index is 14.3. The first-order valence-corrected chi connectivity index (χ1v) is 17.7. The molecular formula is C41H47N7O3. The van der Waals surface area contributed by atoms with Crippen molar-refractivity contribution in [1.82, 2.24) is 30.1 Å². The number of nitrogens with zero attached hydrogens (tertiary/aromatic N) is 5. The van der Waals surface area contributed by atoms with Gasteiger partial charge in [0.15, 0.2) is 0 Å². The Kier molecular flexibility index (Phi) is 11.7. The molecule has 10 nitrogen and oxygen atoms in total. The Morgan fingerprint density at radius 2 is 1.65 bits per heavy atom. The fourth-order valence-electron chi connectivity index (χ4n) is 6.84. The minimum Gasteiger partial charge on any atom is -0.390 e. The van der Waals surface area contributed by atoms with Crippen molar-refractivity contribution in [3.8, 4) is 11.3 Å². The van der Waals surface area contributed by atoms with Crippen molar-refractivity contribution in [3.63, 3.8) is 0 Å². The minimum absolute atomic E-state index is 0.106. The number of hydrogen-bond acceptors (Lipinski definition) is 7. The van der Waals surface area contributed by atoms with E-state index < -0.39 is 18.2 Å². The molecule has 0 radical (unpaired) electrons. The number of rotatable bonds is 15. The van der Waals surface area contributed by atoms with Crippen LogP contribution in [0.25, 0.3) is 22.2 Å². The van der Waals surface area contributed by atoms with E-state index in [1.807, 2.05) is 117 Å². The molecule has 0 saturated carbocycles. The Hall–Kier alpha value is -5.16. The van der Waals surface area contributed by atoms with Gasteiger partial charge in [-0.2, -0.15) is 0 Å². The van der Waals surface area contributed by atoms with E-state index >= 15 is 0 Å². The molecule has 0 aliphatic carbocycles. The van der Waals surface area contributed by atoms with E-state index in [1.54, 1.807) is 27.2 Å². The molecule has 264 valence electrons. The van der Waals surface area contributed by atoms with Gasteiger partial charge in [0.05, 0.1) is 23.4 Å². The molecule has 1 fully saturated rings. The standard InChI is InChI=1S/C41H47N7O3/c1-3-29(2)39(48-24-23-46(41(48)51)27-33-20-22-44-36-15-8-7-13-34(33)36)40(50)45-37(25-30-11-5-4-6-12-30)38(49)28-47(42)26-31-16-18-32(19-17-31)35-14-9-10-21-43-35/h4-22,29,37-39,49H,3,23-28,42H2,1-2H3,(H,45,50)/t29-,37-,38+,39-/m0/s1. The summed E-state index contributed by atoms with van der Waals surface area (Å²) in [6.07, 6.45) is 3.67. The minimum atomic E-state index is -0.977. The molecule has 4 atom stereocenters. The van der Waals surface area contributed by atoms with Gasteiger partial charge in [0.25, 0.3) is 0 Å². The highest BCUT2D eigenvalue weighted by Gasteiger charge is 2.40. The number of para-hydroxylation sites is 1. The zero-order valence-corrected chi connectivity index (χ0v) is 29.3. The highest BCUT2D eigenvalue weighted by atomic mass is 16.3. The zero-order valence-electron chi connectivity index (χ0n) is 29.3. The van der Waals surface area contributed by atoms with Crippen molar-refractivity contribution < 1.29 is 14.7 Å². The third kappa shape index (κ3) is 8.78. The van der Waals surface area contributed by atoms with Crippen LogP contribution in [0.15, 0.2) is 116 Å². The van der Waals surface area contributed by atoms with Gasteiger partial charge in [0, 0.05) is 56.1 Å². The molecule has 4 N–H and O–H groups in total. The summed E-state index contributed by atoms with van der Waals surface area (Å²) >= 11 is 0. The molecule has 3 heterocycles. The molecule has 1 aliphatic rings. The van der Waals surface area contributed by atoms with Gasteiger partial charge in [0.1, 0.15) is 6.04 Å². The Balaban J connectivity index is 1.14. The second-order valence-electron chi connectivity index (χ2n) is 13.4. The normalized spacial score (nSPS) is 15.6. The molecule has 5 aromatic rings. The molecule has 6 rings (SSSR count). The largest absolute Gasteiger partial charge is 0.390 e. The third-order valence-corrected chi connectivity index (χ3v) is 9.83. The lowest BCUT2D eigenvalue weighted by molar-refractivity contribution is -0.128. The van der Waals surface area contributed by atoms with Crippen LogP contribution >= 0.6 is 0 Å². The Morgan fingerprint density at radius 1 is 0.902 bits per heavy atom. The number of nitrogens with two attached hydrogens (primary N) is 1. The first-order valence-electron chi connectivity index (χ1n) is 17.7. The number of nitrogens with one attached hydrogen (secondary N) is 1. The number of hydrazine groups is 1. The van der Waals surface area contributed by atoms with Crippen molar-refractivity contribution in [3.05, 3.63) is 132 Å². The molecule has 3 aromatic carbocycles. The van der Waals surface area contributed by atoms with Crippen LogP contribution in [0, 0.1) is 5.92 Å². The number of fused-ring (bicyclic) bond motifs is 1. The van der Waals surface area contributed by atoms with Gasteiger partial charge in [-0.1, -0.05) is 99.1 Å². The molecule has 51 heavy (non-hydrogen) atoms. The number of benzene rings is 3. The lowest BCUT2D eigenvalue weighted by Crippen LogP contribution is -2.57. The van der Waals surface area contributed by atoms with Crippen LogP contribution in [-0.2, 0) is 24.3 Å². The van der Waals surface area contributed by atoms with Crippen LogP contribution in [0.5, 0.6) is 0 Å². The van der Waals surface area contributed by atoms with Gasteiger partial charge < -0.3 is 20.2 Å². The Bertz CT molecular complexity index is 1890. The van der Waals surface area contributed by atoms with Crippen molar-refractivity contribution in [1.29, 1.82) is 0 Å². The summed E-state index contributed by atoms with van der Waals surface area (Å²) < 4.78 is 0. The van der Waals surface area contributed by atoms with Crippen LogP contribution in [0.4, 0.5) is 4.79 Å². The van der Waals surface area contributed by atoms with E-state index in [9.17, 15) is 14.7 Å². The third-order valence-electron chi connectivity index (χ3n) is 9.83. The SMILES string of the molecule is CC[C@H](C)[C@@H](C(=O)N[C@@H](Cc1ccccc1)[C@H](O)CN(N)Cc1ccc(-c2ccccn2)cc1)N1CCN(Cc2ccnc3ccccc23)C1=O. The molecule has 0 unspecified atom stereocenters. The van der Waals surface area contributed by atoms with Crippen LogP contribution in [0.3, 0.4) is 0 Å². The Labute approximate surface area is 299 Å². The molecule has 2 aromatic heterocycles. The quantitative estimate of drug-likeness (QED) is 0.0993. The molecule has 3 amide bonds. The van der Waals surface area contributed by atoms with E-state index in [4.69, 9.17) is 5.84 Å². The van der Waals surface area contributed by atoms with E-state index in [0.29, 0.717) is 39.0 Å². The van der Waals surface area contributed by atoms with Gasteiger partial charge in [-0.05, 0) is 53.3 Å². The average Bonchev–Trinajstić information content (AvgIpc) is 3.50. The van der Waals surface area contributed by atoms with Crippen LogP contribution in [-0.4, -0.2) is 79.6 Å². The topological polar surface area (TPSA) is 128 Å². The predicted octanol–water partition coefficient (Wildman–Crippen LogP) is 5.41. The average molecular weight is 686 g/mol. The number of hydrogen-bond donors (Lipinski definition) is 3. The number of aliphatic hydroxyl groups excluding tert-OH is 1. The summed E-state index contributed by atoms with van der Waals surface area (Å²) in [6.45, 7) is 5.94. The second-order valence-corrected chi connectivity index (χ2v) is 13.4. The molecule has 1 aliphatic heterocycles. The van der Waals surface area contributed by atoms with Crippen molar-refractivity contribution in [2.24, 2.45) is 11.8 Å². The van der Waals surface area contributed by atoms with Crippen LogP contribution in [0.2, 0.25) is 0 Å². The van der Waals surface area contributed by atoms with Gasteiger partial charge in [-0.25, -0.2) is 9.80 Å². The summed E-state index contributed by atoms with van der Waals surface area (Å²) in [5.41, 5.74) is 5.76. The van der Waals surface area contributed by atoms with Crippen LogP contribution < -0.4 is 11.2 Å². The summed E-state index contributed by atoms with van der Waals surface area (Å²) in [5.74, 6) is 6.08. The van der Waals surface area contributed by atoms with E-state index in [2.05, 4.69) is 15.3 Å². The van der Waals surface area contributed by atoms with E-state index in [-0.39, 0.29) is 24.4 Å². The predicted molar refractivity (Wildman–Crippen MR) is 200 cm³/mol. The van der Waals surface area contributed by atoms with Crippen LogP contribution in [0.1, 0.15) is 37.0 Å². The zero-order chi connectivity index (χ0) is 35.7. The lowest BCUT2D eigenvalue weighted by atomic mass is 9.95. The van der Waals surface area contributed by atoms with Crippen molar-refractivity contribution in [2.45, 2.75) is 58.0 Å². The molecule has 10 heteroatoms.